The van der Waals surface area contributed by atoms with Crippen molar-refractivity contribution in [2.24, 2.45) is 0 Å². The molecule has 19 heavy (non-hydrogen) atoms. The van der Waals surface area contributed by atoms with Gasteiger partial charge >= 0.3 is 0 Å². The molecule has 0 radical (unpaired) electrons. The number of allylic oxidation sites excluding steroid dienone is 1. The van der Waals surface area contributed by atoms with Gasteiger partial charge in [0.05, 0.1) is 5.57 Å². The van der Waals surface area contributed by atoms with Crippen molar-refractivity contribution in [2.45, 2.75) is 32.2 Å². The highest BCUT2D eigenvalue weighted by molar-refractivity contribution is 7.08. The Morgan fingerprint density at radius 1 is 1.37 bits per heavy atom. The first-order valence-electron chi connectivity index (χ1n) is 6.45. The van der Waals surface area contributed by atoms with Gasteiger partial charge in [-0.15, -0.1) is 10.2 Å². The first kappa shape index (κ1) is 12.1. The first-order chi connectivity index (χ1) is 9.38. The van der Waals surface area contributed by atoms with Crippen molar-refractivity contribution in [3.05, 3.63) is 34.0 Å². The monoisotopic (exact) mass is 270 g/mol. The number of hydrogen-bond donors (Lipinski definition) is 0. The van der Waals surface area contributed by atoms with Crippen molar-refractivity contribution in [2.75, 3.05) is 0 Å². The third kappa shape index (κ3) is 2.45. The predicted octanol–water partition coefficient (Wildman–Crippen LogP) is 3.13. The smallest absolute Gasteiger partial charge is 0.174 e. The Morgan fingerprint density at radius 2 is 2.32 bits per heavy atom. The van der Waals surface area contributed by atoms with E-state index < -0.39 is 0 Å². The van der Waals surface area contributed by atoms with Crippen LogP contribution in [0.3, 0.4) is 0 Å². The van der Waals surface area contributed by atoms with E-state index in [1.165, 1.54) is 6.42 Å². The molecule has 4 nitrogen and oxygen atoms in total. The van der Waals surface area contributed by atoms with Crippen LogP contribution >= 0.6 is 11.3 Å². The van der Waals surface area contributed by atoms with E-state index in [2.05, 4.69) is 20.8 Å². The second-order valence-electron chi connectivity index (χ2n) is 4.63. The molecule has 0 aromatic carbocycles. The quantitative estimate of drug-likeness (QED) is 0.788. The third-order valence-corrected chi connectivity index (χ3v) is 4.03. The highest BCUT2D eigenvalue weighted by atomic mass is 32.1. The molecule has 0 saturated heterocycles. The van der Waals surface area contributed by atoms with Crippen LogP contribution in [-0.4, -0.2) is 14.8 Å². The van der Waals surface area contributed by atoms with Gasteiger partial charge in [0.1, 0.15) is 11.9 Å². The van der Waals surface area contributed by atoms with E-state index in [9.17, 15) is 5.26 Å². The van der Waals surface area contributed by atoms with Crippen LogP contribution < -0.4 is 0 Å². The Bertz CT molecular complexity index is 631. The molecule has 3 rings (SSSR count). The summed E-state index contributed by atoms with van der Waals surface area (Å²) in [5, 5.41) is 21.9. The van der Waals surface area contributed by atoms with E-state index in [4.69, 9.17) is 0 Å². The molecule has 0 atom stereocenters. The second-order valence-corrected chi connectivity index (χ2v) is 5.41. The number of rotatable bonds is 2. The molecule has 1 aliphatic heterocycles. The molecule has 0 aliphatic carbocycles. The first-order valence-corrected chi connectivity index (χ1v) is 7.39. The molecule has 5 heteroatoms. The van der Waals surface area contributed by atoms with Crippen LogP contribution in [0.25, 0.3) is 11.6 Å². The Kier molecular flexibility index (Phi) is 3.43. The molecule has 0 bridgehead atoms. The van der Waals surface area contributed by atoms with E-state index >= 15 is 0 Å². The maximum atomic E-state index is 9.37. The fourth-order valence-electron chi connectivity index (χ4n) is 2.35. The molecule has 2 aromatic heterocycles. The fourth-order valence-corrected chi connectivity index (χ4v) is 2.97. The highest BCUT2D eigenvalue weighted by Crippen LogP contribution is 2.21. The number of thiophene rings is 1. The van der Waals surface area contributed by atoms with Gasteiger partial charge in [-0.1, -0.05) is 6.42 Å². The molecule has 1 aliphatic rings. The van der Waals surface area contributed by atoms with Gasteiger partial charge in [-0.3, -0.25) is 0 Å². The van der Waals surface area contributed by atoms with Crippen LogP contribution in [0.1, 0.15) is 36.5 Å². The third-order valence-electron chi connectivity index (χ3n) is 3.33. The van der Waals surface area contributed by atoms with Gasteiger partial charge in [-0.05, 0) is 41.3 Å². The molecule has 0 amide bonds. The fraction of sp³-hybridized carbons (Fsp3) is 0.357. The van der Waals surface area contributed by atoms with Crippen molar-refractivity contribution < 1.29 is 0 Å². The average Bonchev–Trinajstić information content (AvgIpc) is 3.01. The lowest BCUT2D eigenvalue weighted by atomic mass is 10.2. The zero-order valence-electron chi connectivity index (χ0n) is 10.5. The summed E-state index contributed by atoms with van der Waals surface area (Å²) in [6.07, 6.45) is 6.37. The van der Waals surface area contributed by atoms with Crippen LogP contribution in [0.2, 0.25) is 0 Å². The summed E-state index contributed by atoms with van der Waals surface area (Å²) in [4.78, 5) is 0. The molecular weight excluding hydrogens is 256 g/mol. The number of fused-ring (bicyclic) bond motifs is 1. The SMILES string of the molecule is N#C/C(=C\c1ccsc1)c1nnc2n1CCCCC2. The Labute approximate surface area is 116 Å². The number of hydrogen-bond acceptors (Lipinski definition) is 4. The Morgan fingerprint density at radius 3 is 3.11 bits per heavy atom. The van der Waals surface area contributed by atoms with Crippen LogP contribution in [0.4, 0.5) is 0 Å². The van der Waals surface area contributed by atoms with Crippen molar-refractivity contribution in [3.8, 4) is 6.07 Å². The zero-order chi connectivity index (χ0) is 13.1. The van der Waals surface area contributed by atoms with Gasteiger partial charge in [0.15, 0.2) is 5.82 Å². The minimum atomic E-state index is 0.596. The van der Waals surface area contributed by atoms with Crippen LogP contribution in [-0.2, 0) is 13.0 Å². The molecule has 0 saturated carbocycles. The topological polar surface area (TPSA) is 54.5 Å². The molecule has 96 valence electrons. The number of nitrogens with zero attached hydrogens (tertiary/aromatic N) is 4. The minimum Gasteiger partial charge on any atom is -0.310 e. The summed E-state index contributed by atoms with van der Waals surface area (Å²) < 4.78 is 2.11. The second kappa shape index (κ2) is 5.37. The van der Waals surface area contributed by atoms with Gasteiger partial charge in [0.25, 0.3) is 0 Å². The van der Waals surface area contributed by atoms with Crippen molar-refractivity contribution in [1.82, 2.24) is 14.8 Å². The maximum Gasteiger partial charge on any atom is 0.174 e. The standard InChI is InChI=1S/C14H14N4S/c15-9-12(8-11-5-7-19-10-11)14-17-16-13-4-2-1-3-6-18(13)14/h5,7-8,10H,1-4,6H2/b12-8+. The number of nitriles is 1. The summed E-state index contributed by atoms with van der Waals surface area (Å²) in [5.41, 5.74) is 1.64. The maximum absolute atomic E-state index is 9.37. The largest absolute Gasteiger partial charge is 0.310 e. The van der Waals surface area contributed by atoms with E-state index in [0.29, 0.717) is 11.4 Å². The van der Waals surface area contributed by atoms with Gasteiger partial charge in [-0.25, -0.2) is 0 Å². The van der Waals surface area contributed by atoms with Crippen molar-refractivity contribution in [1.29, 1.82) is 5.26 Å². The van der Waals surface area contributed by atoms with Gasteiger partial charge in [0.2, 0.25) is 0 Å². The average molecular weight is 270 g/mol. The lowest BCUT2D eigenvalue weighted by Gasteiger charge is -2.05. The summed E-state index contributed by atoms with van der Waals surface area (Å²) in [7, 11) is 0. The molecule has 0 N–H and O–H groups in total. The van der Waals surface area contributed by atoms with Gasteiger partial charge in [-0.2, -0.15) is 16.6 Å². The molecule has 0 spiro atoms. The molecule has 3 heterocycles. The van der Waals surface area contributed by atoms with Gasteiger partial charge in [0, 0.05) is 13.0 Å². The summed E-state index contributed by atoms with van der Waals surface area (Å²) in [6.45, 7) is 0.917. The number of aryl methyl sites for hydroxylation is 1. The highest BCUT2D eigenvalue weighted by Gasteiger charge is 2.17. The van der Waals surface area contributed by atoms with E-state index in [0.717, 1.165) is 37.2 Å². The normalized spacial score (nSPS) is 15.6. The van der Waals surface area contributed by atoms with Crippen LogP contribution in [0.5, 0.6) is 0 Å². The Balaban J connectivity index is 2.01. The van der Waals surface area contributed by atoms with E-state index in [-0.39, 0.29) is 0 Å². The van der Waals surface area contributed by atoms with E-state index in [1.807, 2.05) is 22.9 Å². The van der Waals surface area contributed by atoms with Crippen LogP contribution in [0.15, 0.2) is 16.8 Å². The lowest BCUT2D eigenvalue weighted by Crippen LogP contribution is -2.05. The molecule has 0 unspecified atom stereocenters. The summed E-state index contributed by atoms with van der Waals surface area (Å²) >= 11 is 1.62. The predicted molar refractivity (Wildman–Crippen MR) is 75.4 cm³/mol. The lowest BCUT2D eigenvalue weighted by molar-refractivity contribution is 0.627. The number of aromatic nitrogens is 3. The summed E-state index contributed by atoms with van der Waals surface area (Å²) in [5.74, 6) is 1.73. The molecular formula is C14H14N4S. The molecule has 0 fully saturated rings. The minimum absolute atomic E-state index is 0.596. The van der Waals surface area contributed by atoms with E-state index in [1.54, 1.807) is 11.3 Å². The van der Waals surface area contributed by atoms with Crippen molar-refractivity contribution >= 4 is 23.0 Å². The zero-order valence-corrected chi connectivity index (χ0v) is 11.4. The summed E-state index contributed by atoms with van der Waals surface area (Å²) in [6, 6.07) is 4.26. The molecule has 2 aromatic rings. The van der Waals surface area contributed by atoms with Gasteiger partial charge < -0.3 is 4.57 Å². The van der Waals surface area contributed by atoms with Crippen LogP contribution in [0, 0.1) is 11.3 Å². The van der Waals surface area contributed by atoms with Crippen molar-refractivity contribution in [3.63, 3.8) is 0 Å². The Hall–Kier alpha value is -1.93.